The zero-order valence-electron chi connectivity index (χ0n) is 20.9. The number of carbonyl (C=O) groups excluding carboxylic acids is 2. The number of sulfonamides is 1. The largest absolute Gasteiger partial charge is 1.00 e. The number of thioether (sulfide) groups is 1. The number of amides is 1. The van der Waals surface area contributed by atoms with E-state index in [9.17, 15) is 18.0 Å². The first kappa shape index (κ1) is 30.4. The second-order valence-electron chi connectivity index (χ2n) is 8.25. The van der Waals surface area contributed by atoms with E-state index >= 15 is 0 Å². The Kier molecular flexibility index (Phi) is 11.2. The summed E-state index contributed by atoms with van der Waals surface area (Å²) in [6.07, 6.45) is 6.04. The Morgan fingerprint density at radius 3 is 2.36 bits per heavy atom. The zero-order chi connectivity index (χ0) is 27.0. The van der Waals surface area contributed by atoms with Crippen molar-refractivity contribution in [3.8, 4) is 0 Å². The average molecular weight is 649 g/mol. The molecular formula is C26H26BrN5O4S3. The molecule has 204 valence electrons. The summed E-state index contributed by atoms with van der Waals surface area (Å²) in [7, 11) is -3.84. The van der Waals surface area contributed by atoms with Gasteiger partial charge in [-0.15, -0.1) is 10.2 Å². The summed E-state index contributed by atoms with van der Waals surface area (Å²) < 4.78 is 29.6. The van der Waals surface area contributed by atoms with Crippen LogP contribution in [-0.4, -0.2) is 29.6 Å². The molecule has 39 heavy (non-hydrogen) atoms. The molecule has 2 aromatic carbocycles. The van der Waals surface area contributed by atoms with Crippen LogP contribution >= 0.6 is 23.1 Å². The van der Waals surface area contributed by atoms with Crippen LogP contribution in [0.5, 0.6) is 0 Å². The minimum absolute atomic E-state index is 0. The summed E-state index contributed by atoms with van der Waals surface area (Å²) in [5.74, 6) is -0.389. The van der Waals surface area contributed by atoms with Crippen LogP contribution in [0.2, 0.25) is 0 Å². The van der Waals surface area contributed by atoms with Gasteiger partial charge in [0.05, 0.1) is 10.5 Å². The van der Waals surface area contributed by atoms with Crippen molar-refractivity contribution in [2.45, 2.75) is 42.5 Å². The monoisotopic (exact) mass is 647 g/mol. The highest BCUT2D eigenvalue weighted by atomic mass is 79.9. The summed E-state index contributed by atoms with van der Waals surface area (Å²) in [4.78, 5) is 26.1. The van der Waals surface area contributed by atoms with Crippen molar-refractivity contribution < 1.29 is 39.6 Å². The Morgan fingerprint density at radius 1 is 0.949 bits per heavy atom. The van der Waals surface area contributed by atoms with E-state index in [0.29, 0.717) is 27.6 Å². The van der Waals surface area contributed by atoms with Crippen molar-refractivity contribution in [2.24, 2.45) is 0 Å². The summed E-state index contributed by atoms with van der Waals surface area (Å²) >= 11 is 2.19. The lowest BCUT2D eigenvalue weighted by molar-refractivity contribution is -0.697. The lowest BCUT2D eigenvalue weighted by Gasteiger charge is -2.10. The van der Waals surface area contributed by atoms with Gasteiger partial charge in [-0.3, -0.25) is 14.3 Å². The maximum Gasteiger partial charge on any atom is 0.263 e. The van der Waals surface area contributed by atoms with Crippen LogP contribution in [0.15, 0.2) is 88.9 Å². The fourth-order valence-corrected chi connectivity index (χ4v) is 6.22. The molecule has 2 N–H and O–H groups in total. The van der Waals surface area contributed by atoms with Gasteiger partial charge in [0.15, 0.2) is 17.5 Å². The normalized spacial score (nSPS) is 10.9. The molecule has 4 rings (SSSR count). The molecule has 0 saturated heterocycles. The van der Waals surface area contributed by atoms with Crippen LogP contribution < -0.4 is 31.6 Å². The molecule has 0 atom stereocenters. The molecule has 2 heterocycles. The highest BCUT2D eigenvalue weighted by molar-refractivity contribution is 8.13. The summed E-state index contributed by atoms with van der Waals surface area (Å²) in [5.41, 5.74) is 0.793. The molecule has 0 aliphatic heterocycles. The van der Waals surface area contributed by atoms with E-state index in [4.69, 9.17) is 0 Å². The number of unbranched alkanes of at least 4 members (excludes halogenated alkanes) is 1. The van der Waals surface area contributed by atoms with Gasteiger partial charge in [0.25, 0.3) is 15.9 Å². The SMILES string of the molecule is Cc1nnc(NS(=O)(=O)c2ccc(NC(=O)c3ccccc3SC(=O)CCCC[n+]3ccccc3)cc2)s1.[Br-]. The van der Waals surface area contributed by atoms with Gasteiger partial charge in [-0.2, -0.15) is 0 Å². The number of aromatic nitrogens is 3. The van der Waals surface area contributed by atoms with Crippen molar-refractivity contribution in [1.29, 1.82) is 0 Å². The molecule has 2 aromatic heterocycles. The third-order valence-electron chi connectivity index (χ3n) is 5.35. The number of nitrogens with zero attached hydrogens (tertiary/aromatic N) is 3. The standard InChI is InChI=1S/C26H25N5O4S3.BrH/c1-19-28-29-26(36-19)30-38(34,35)21-14-12-20(13-15-21)27-25(33)22-9-3-4-10-23(22)37-24(32)11-5-8-18-31-16-6-2-7-17-31;/h2-4,6-7,9-10,12-17H,5,8,11,18H2,1H3,(H-,27,29,30,33);1H. The minimum atomic E-state index is -3.84. The van der Waals surface area contributed by atoms with Gasteiger partial charge < -0.3 is 22.3 Å². The number of hydrogen-bond acceptors (Lipinski definition) is 8. The van der Waals surface area contributed by atoms with Crippen LogP contribution in [0.3, 0.4) is 0 Å². The van der Waals surface area contributed by atoms with Gasteiger partial charge in [0.2, 0.25) is 5.13 Å². The van der Waals surface area contributed by atoms with E-state index < -0.39 is 10.0 Å². The molecule has 0 spiro atoms. The average Bonchev–Trinajstić information content (AvgIpc) is 3.31. The Hall–Kier alpha value is -3.13. The lowest BCUT2D eigenvalue weighted by Crippen LogP contribution is -3.00. The van der Waals surface area contributed by atoms with Crippen molar-refractivity contribution >= 4 is 55.0 Å². The molecule has 9 nitrogen and oxygen atoms in total. The predicted molar refractivity (Wildman–Crippen MR) is 148 cm³/mol. The third kappa shape index (κ3) is 8.95. The Bertz CT molecular complexity index is 1510. The van der Waals surface area contributed by atoms with E-state index in [-0.39, 0.29) is 38.0 Å². The molecule has 0 unspecified atom stereocenters. The smallest absolute Gasteiger partial charge is 0.263 e. The Morgan fingerprint density at radius 2 is 1.67 bits per heavy atom. The molecule has 0 bridgehead atoms. The van der Waals surface area contributed by atoms with Gasteiger partial charge in [0.1, 0.15) is 11.6 Å². The Balaban J connectivity index is 0.00000420. The van der Waals surface area contributed by atoms with E-state index in [1.807, 2.05) is 30.6 Å². The van der Waals surface area contributed by atoms with Crippen LogP contribution in [0, 0.1) is 6.92 Å². The van der Waals surface area contributed by atoms with Crippen LogP contribution in [0.4, 0.5) is 10.8 Å². The van der Waals surface area contributed by atoms with Crippen LogP contribution in [0.1, 0.15) is 34.6 Å². The van der Waals surface area contributed by atoms with Crippen LogP contribution in [-0.2, 0) is 21.4 Å². The van der Waals surface area contributed by atoms with Crippen molar-refractivity contribution in [3.63, 3.8) is 0 Å². The summed E-state index contributed by atoms with van der Waals surface area (Å²) in [6.45, 7) is 2.57. The van der Waals surface area contributed by atoms with Crippen molar-refractivity contribution in [3.05, 3.63) is 89.7 Å². The number of carbonyl (C=O) groups is 2. The topological polar surface area (TPSA) is 122 Å². The highest BCUT2D eigenvalue weighted by Crippen LogP contribution is 2.26. The van der Waals surface area contributed by atoms with E-state index in [1.54, 1.807) is 31.2 Å². The van der Waals surface area contributed by atoms with Crippen molar-refractivity contribution in [1.82, 2.24) is 10.2 Å². The third-order valence-corrected chi connectivity index (χ3v) is 8.60. The number of halogens is 1. The zero-order valence-corrected chi connectivity index (χ0v) is 24.9. The second kappa shape index (κ2) is 14.3. The summed E-state index contributed by atoms with van der Waals surface area (Å²) in [5, 5.41) is 11.2. The number of pyridine rings is 1. The first-order chi connectivity index (χ1) is 18.3. The van der Waals surface area contributed by atoms with Gasteiger partial charge in [0, 0.05) is 35.6 Å². The Labute approximate surface area is 245 Å². The van der Waals surface area contributed by atoms with Gasteiger partial charge in [-0.05, 0) is 49.7 Å². The van der Waals surface area contributed by atoms with Crippen molar-refractivity contribution in [2.75, 3.05) is 10.0 Å². The number of nitrogens with one attached hydrogen (secondary N) is 2. The van der Waals surface area contributed by atoms with Gasteiger partial charge in [-0.1, -0.05) is 41.3 Å². The quantitative estimate of drug-likeness (QED) is 0.144. The molecule has 0 saturated carbocycles. The van der Waals surface area contributed by atoms with Crippen LogP contribution in [0.25, 0.3) is 0 Å². The number of hydrogen-bond donors (Lipinski definition) is 2. The molecule has 0 aliphatic rings. The second-order valence-corrected chi connectivity index (χ2v) is 12.2. The summed E-state index contributed by atoms with van der Waals surface area (Å²) in [6, 6.07) is 18.6. The number of aryl methyl sites for hydroxylation is 2. The fourth-order valence-electron chi connectivity index (χ4n) is 3.49. The minimum Gasteiger partial charge on any atom is -1.00 e. The maximum atomic E-state index is 13.0. The van der Waals surface area contributed by atoms with Gasteiger partial charge >= 0.3 is 0 Å². The highest BCUT2D eigenvalue weighted by Gasteiger charge is 2.18. The van der Waals surface area contributed by atoms with E-state index in [2.05, 4.69) is 24.8 Å². The molecule has 0 fully saturated rings. The van der Waals surface area contributed by atoms with E-state index in [1.165, 1.54) is 24.3 Å². The van der Waals surface area contributed by atoms with Gasteiger partial charge in [-0.25, -0.2) is 13.0 Å². The molecule has 1 amide bonds. The molecule has 4 aromatic rings. The number of anilines is 2. The number of rotatable bonds is 11. The molecular weight excluding hydrogens is 622 g/mol. The fraction of sp³-hybridized carbons (Fsp3) is 0.192. The molecule has 13 heteroatoms. The maximum absolute atomic E-state index is 13.0. The molecule has 0 aliphatic carbocycles. The first-order valence-electron chi connectivity index (χ1n) is 11.8. The lowest BCUT2D eigenvalue weighted by atomic mass is 10.2. The first-order valence-corrected chi connectivity index (χ1v) is 14.9. The predicted octanol–water partition coefficient (Wildman–Crippen LogP) is 1.68. The molecule has 0 radical (unpaired) electrons. The van der Waals surface area contributed by atoms with E-state index in [0.717, 1.165) is 42.5 Å². The number of benzene rings is 2.